The Balaban J connectivity index is 2.25. The first kappa shape index (κ1) is 9.32. The van der Waals surface area contributed by atoms with Crippen molar-refractivity contribution in [3.8, 4) is 0 Å². The molecule has 1 aliphatic carbocycles. The molecule has 0 spiro atoms. The highest BCUT2D eigenvalue weighted by Crippen LogP contribution is 2.49. The van der Waals surface area contributed by atoms with Gasteiger partial charge in [0.05, 0.1) is 0 Å². The molecule has 0 heterocycles. The Morgan fingerprint density at radius 3 is 2.77 bits per heavy atom. The Morgan fingerprint density at radius 2 is 2.15 bits per heavy atom. The normalized spacial score (nSPS) is 26.1. The summed E-state index contributed by atoms with van der Waals surface area (Å²) in [6.45, 7) is 0.744. The monoisotopic (exact) mass is 215 g/mol. The number of benzene rings is 1. The molecular weight excluding hydrogens is 205 g/mol. The van der Waals surface area contributed by atoms with Crippen LogP contribution in [0.2, 0.25) is 10.0 Å². The van der Waals surface area contributed by atoms with Crippen LogP contribution in [0.4, 0.5) is 0 Å². The van der Waals surface area contributed by atoms with Crippen molar-refractivity contribution in [1.29, 1.82) is 0 Å². The predicted octanol–water partition coefficient (Wildman–Crippen LogP) is 3.06. The minimum atomic E-state index is 0.538. The molecule has 0 amide bonds. The van der Waals surface area contributed by atoms with Crippen LogP contribution in [0.3, 0.4) is 0 Å². The molecular formula is C10H11Cl2N. The number of rotatable bonds is 2. The summed E-state index contributed by atoms with van der Waals surface area (Å²) >= 11 is 11.9. The highest BCUT2D eigenvalue weighted by atomic mass is 35.5. The van der Waals surface area contributed by atoms with Crippen LogP contribution >= 0.6 is 23.2 Å². The van der Waals surface area contributed by atoms with Gasteiger partial charge in [0.15, 0.2) is 0 Å². The lowest BCUT2D eigenvalue weighted by atomic mass is 10.1. The van der Waals surface area contributed by atoms with E-state index >= 15 is 0 Å². The van der Waals surface area contributed by atoms with Crippen molar-refractivity contribution in [3.05, 3.63) is 33.8 Å². The maximum absolute atomic E-state index is 6.05. The fraction of sp³-hybridized carbons (Fsp3) is 0.400. The zero-order chi connectivity index (χ0) is 9.42. The molecule has 1 aliphatic rings. The van der Waals surface area contributed by atoms with Gasteiger partial charge in [-0.2, -0.15) is 0 Å². The van der Waals surface area contributed by atoms with Crippen LogP contribution in [0, 0.1) is 5.92 Å². The number of hydrogen-bond donors (Lipinski definition) is 1. The maximum atomic E-state index is 6.05. The van der Waals surface area contributed by atoms with E-state index in [1.54, 1.807) is 0 Å². The van der Waals surface area contributed by atoms with Crippen molar-refractivity contribution in [2.24, 2.45) is 11.7 Å². The number of hydrogen-bond acceptors (Lipinski definition) is 1. The first-order chi connectivity index (χ1) is 6.22. The highest BCUT2D eigenvalue weighted by molar-refractivity contribution is 6.33. The summed E-state index contributed by atoms with van der Waals surface area (Å²) in [6.07, 6.45) is 1.15. The summed E-state index contributed by atoms with van der Waals surface area (Å²) in [5.74, 6) is 1.15. The third-order valence-electron chi connectivity index (χ3n) is 2.58. The lowest BCUT2D eigenvalue weighted by molar-refractivity contribution is 0.810. The Labute approximate surface area is 87.8 Å². The van der Waals surface area contributed by atoms with E-state index in [0.717, 1.165) is 28.6 Å². The summed E-state index contributed by atoms with van der Waals surface area (Å²) < 4.78 is 0. The Hall–Kier alpha value is -0.240. The van der Waals surface area contributed by atoms with Gasteiger partial charge in [-0.25, -0.2) is 0 Å². The Morgan fingerprint density at radius 1 is 1.38 bits per heavy atom. The van der Waals surface area contributed by atoms with Gasteiger partial charge < -0.3 is 5.73 Å². The summed E-state index contributed by atoms with van der Waals surface area (Å²) in [6, 6.07) is 5.61. The maximum Gasteiger partial charge on any atom is 0.0441 e. The fourth-order valence-electron chi connectivity index (χ4n) is 1.69. The molecule has 13 heavy (non-hydrogen) atoms. The van der Waals surface area contributed by atoms with E-state index in [4.69, 9.17) is 28.9 Å². The molecule has 1 saturated carbocycles. The van der Waals surface area contributed by atoms with E-state index in [1.807, 2.05) is 18.2 Å². The molecule has 1 aromatic rings. The van der Waals surface area contributed by atoms with Crippen molar-refractivity contribution in [1.82, 2.24) is 0 Å². The molecule has 2 atom stereocenters. The lowest BCUT2D eigenvalue weighted by Crippen LogP contribution is -2.02. The van der Waals surface area contributed by atoms with E-state index in [1.165, 1.54) is 0 Å². The molecule has 3 heteroatoms. The Bertz CT molecular complexity index is 325. The van der Waals surface area contributed by atoms with Crippen molar-refractivity contribution in [2.75, 3.05) is 6.54 Å². The topological polar surface area (TPSA) is 26.0 Å². The van der Waals surface area contributed by atoms with Gasteiger partial charge in [0, 0.05) is 10.0 Å². The summed E-state index contributed by atoms with van der Waals surface area (Å²) in [5.41, 5.74) is 6.73. The molecule has 0 radical (unpaired) electrons. The molecule has 0 unspecified atom stereocenters. The standard InChI is InChI=1S/C10H11Cl2N/c11-7-1-2-10(12)9(4-7)8-3-6(8)5-13/h1-2,4,6,8H,3,5,13H2/t6-,8+/m1/s1. The van der Waals surface area contributed by atoms with Crippen LogP contribution < -0.4 is 5.73 Å². The van der Waals surface area contributed by atoms with Crippen LogP contribution in [0.15, 0.2) is 18.2 Å². The van der Waals surface area contributed by atoms with Crippen molar-refractivity contribution in [2.45, 2.75) is 12.3 Å². The summed E-state index contributed by atoms with van der Waals surface area (Å²) in [4.78, 5) is 0. The minimum Gasteiger partial charge on any atom is -0.330 e. The van der Waals surface area contributed by atoms with Crippen LogP contribution in [-0.2, 0) is 0 Å². The zero-order valence-electron chi connectivity index (χ0n) is 7.13. The van der Waals surface area contributed by atoms with Crippen molar-refractivity contribution >= 4 is 23.2 Å². The fourth-order valence-corrected chi connectivity index (χ4v) is 2.13. The first-order valence-electron chi connectivity index (χ1n) is 4.37. The van der Waals surface area contributed by atoms with Gasteiger partial charge in [0.2, 0.25) is 0 Å². The molecule has 1 aromatic carbocycles. The zero-order valence-corrected chi connectivity index (χ0v) is 8.65. The molecule has 0 aromatic heterocycles. The van der Waals surface area contributed by atoms with Crippen molar-refractivity contribution in [3.63, 3.8) is 0 Å². The van der Waals surface area contributed by atoms with Gasteiger partial charge in [-0.1, -0.05) is 23.2 Å². The average molecular weight is 216 g/mol. The molecule has 2 N–H and O–H groups in total. The minimum absolute atomic E-state index is 0.538. The van der Waals surface area contributed by atoms with Crippen LogP contribution in [-0.4, -0.2) is 6.54 Å². The highest BCUT2D eigenvalue weighted by Gasteiger charge is 2.38. The van der Waals surface area contributed by atoms with E-state index < -0.39 is 0 Å². The third-order valence-corrected chi connectivity index (χ3v) is 3.16. The molecule has 0 saturated heterocycles. The molecule has 0 aliphatic heterocycles. The van der Waals surface area contributed by atoms with Crippen LogP contribution in [0.5, 0.6) is 0 Å². The molecule has 1 fully saturated rings. The van der Waals surface area contributed by atoms with Crippen LogP contribution in [0.1, 0.15) is 17.9 Å². The summed E-state index contributed by atoms with van der Waals surface area (Å²) in [7, 11) is 0. The van der Waals surface area contributed by atoms with Gasteiger partial charge in [-0.3, -0.25) is 0 Å². The van der Waals surface area contributed by atoms with Gasteiger partial charge in [0.25, 0.3) is 0 Å². The lowest BCUT2D eigenvalue weighted by Gasteiger charge is -2.03. The van der Waals surface area contributed by atoms with E-state index in [2.05, 4.69) is 0 Å². The van der Waals surface area contributed by atoms with E-state index in [-0.39, 0.29) is 0 Å². The SMILES string of the molecule is NC[C@H]1C[C@@H]1c1cc(Cl)ccc1Cl. The van der Waals surface area contributed by atoms with E-state index in [0.29, 0.717) is 11.8 Å². The quantitative estimate of drug-likeness (QED) is 0.807. The smallest absolute Gasteiger partial charge is 0.0441 e. The van der Waals surface area contributed by atoms with Gasteiger partial charge in [-0.05, 0) is 48.6 Å². The largest absolute Gasteiger partial charge is 0.330 e. The second-order valence-corrected chi connectivity index (χ2v) is 4.35. The average Bonchev–Trinajstić information content (AvgIpc) is 2.88. The van der Waals surface area contributed by atoms with Gasteiger partial charge >= 0.3 is 0 Å². The second kappa shape index (κ2) is 3.49. The second-order valence-electron chi connectivity index (χ2n) is 3.50. The van der Waals surface area contributed by atoms with Gasteiger partial charge in [0.1, 0.15) is 0 Å². The predicted molar refractivity (Wildman–Crippen MR) is 56.4 cm³/mol. The van der Waals surface area contributed by atoms with Crippen LogP contribution in [0.25, 0.3) is 0 Å². The number of halogens is 2. The third kappa shape index (κ3) is 1.83. The number of nitrogens with two attached hydrogens (primary N) is 1. The molecule has 1 nitrogen and oxygen atoms in total. The molecule has 0 bridgehead atoms. The summed E-state index contributed by atoms with van der Waals surface area (Å²) in [5, 5.41) is 1.56. The molecule has 2 rings (SSSR count). The first-order valence-corrected chi connectivity index (χ1v) is 5.13. The van der Waals surface area contributed by atoms with Gasteiger partial charge in [-0.15, -0.1) is 0 Å². The Kier molecular flexibility index (Phi) is 2.50. The molecule has 70 valence electrons. The van der Waals surface area contributed by atoms with Crippen molar-refractivity contribution < 1.29 is 0 Å². The van der Waals surface area contributed by atoms with E-state index in [9.17, 15) is 0 Å².